The molecule has 0 aliphatic rings. The summed E-state index contributed by atoms with van der Waals surface area (Å²) in [7, 11) is 0. The summed E-state index contributed by atoms with van der Waals surface area (Å²) in [5, 5.41) is 20.1. The molecule has 0 unspecified atom stereocenters. The number of nitrogens with zero attached hydrogens (tertiary/aromatic N) is 4. The topological polar surface area (TPSA) is 102 Å². The zero-order valence-corrected chi connectivity index (χ0v) is 11.3. The smallest absolute Gasteiger partial charge is 0.271 e. The number of rotatable bonds is 5. The van der Waals surface area contributed by atoms with E-state index in [9.17, 15) is 14.9 Å². The monoisotopic (exact) mass is 293 g/mol. The van der Waals surface area contributed by atoms with Crippen LogP contribution >= 0.6 is 11.3 Å². The quantitative estimate of drug-likeness (QED) is 0.511. The third-order valence-corrected chi connectivity index (χ3v) is 3.34. The van der Waals surface area contributed by atoms with Gasteiger partial charge in [-0.25, -0.2) is 5.43 Å². The van der Waals surface area contributed by atoms with E-state index in [-0.39, 0.29) is 12.2 Å². The maximum atomic E-state index is 11.6. The van der Waals surface area contributed by atoms with Gasteiger partial charge in [0.15, 0.2) is 0 Å². The van der Waals surface area contributed by atoms with Crippen LogP contribution in [0.3, 0.4) is 0 Å². The van der Waals surface area contributed by atoms with Crippen LogP contribution in [-0.4, -0.2) is 26.3 Å². The molecule has 1 amide bonds. The van der Waals surface area contributed by atoms with Crippen molar-refractivity contribution in [3.05, 3.63) is 44.9 Å². The lowest BCUT2D eigenvalue weighted by Gasteiger charge is -2.01. The highest BCUT2D eigenvalue weighted by Gasteiger charge is 2.10. The van der Waals surface area contributed by atoms with Crippen molar-refractivity contribution in [3.8, 4) is 0 Å². The number of nitrogens with one attached hydrogen (secondary N) is 1. The molecular weight excluding hydrogens is 282 g/mol. The summed E-state index contributed by atoms with van der Waals surface area (Å²) in [6, 6.07) is 3.79. The van der Waals surface area contributed by atoms with E-state index < -0.39 is 10.8 Å². The van der Waals surface area contributed by atoms with Crippen molar-refractivity contribution in [2.24, 2.45) is 5.10 Å². The van der Waals surface area contributed by atoms with Crippen molar-refractivity contribution >= 4 is 28.6 Å². The second-order valence-electron chi connectivity index (χ2n) is 3.86. The highest BCUT2D eigenvalue weighted by Crippen LogP contribution is 2.09. The number of hydrazone groups is 1. The van der Waals surface area contributed by atoms with Gasteiger partial charge >= 0.3 is 5.69 Å². The Bertz CT molecular complexity index is 647. The minimum atomic E-state index is -0.569. The average Bonchev–Trinajstić information content (AvgIpc) is 3.06. The molecule has 1 N–H and O–H groups in total. The summed E-state index contributed by atoms with van der Waals surface area (Å²) in [4.78, 5) is 22.5. The van der Waals surface area contributed by atoms with Crippen LogP contribution in [0.15, 0.2) is 35.0 Å². The van der Waals surface area contributed by atoms with E-state index in [0.29, 0.717) is 5.71 Å². The number of hydrogen-bond acceptors (Lipinski definition) is 6. The molecule has 8 nitrogen and oxygen atoms in total. The molecule has 0 saturated carbocycles. The molecule has 20 heavy (non-hydrogen) atoms. The van der Waals surface area contributed by atoms with E-state index in [2.05, 4.69) is 15.6 Å². The standard InChI is InChI=1S/C11H11N5O3S/c1-8(10-3-2-4-20-10)13-14-11(17)7-15-6-9(5-12-15)16(18)19/h2-6H,7H2,1H3,(H,14,17)/b13-8+. The Morgan fingerprint density at radius 3 is 3.05 bits per heavy atom. The fourth-order valence-electron chi connectivity index (χ4n) is 1.40. The van der Waals surface area contributed by atoms with E-state index in [0.717, 1.165) is 11.1 Å². The SMILES string of the molecule is C/C(=N\NC(=O)Cn1cc([N+](=O)[O-])cn1)c1cccs1. The van der Waals surface area contributed by atoms with Crippen molar-refractivity contribution in [3.63, 3.8) is 0 Å². The Balaban J connectivity index is 1.92. The number of aromatic nitrogens is 2. The minimum Gasteiger partial charge on any atom is -0.271 e. The summed E-state index contributed by atoms with van der Waals surface area (Å²) in [5.74, 6) is -0.404. The van der Waals surface area contributed by atoms with Gasteiger partial charge in [0.05, 0.1) is 10.6 Å². The van der Waals surface area contributed by atoms with Crippen molar-refractivity contribution in [2.75, 3.05) is 0 Å². The van der Waals surface area contributed by atoms with Crippen molar-refractivity contribution in [1.29, 1.82) is 0 Å². The van der Waals surface area contributed by atoms with Gasteiger partial charge in [0.25, 0.3) is 5.91 Å². The van der Waals surface area contributed by atoms with Crippen LogP contribution in [0.4, 0.5) is 5.69 Å². The summed E-state index contributed by atoms with van der Waals surface area (Å²) < 4.78 is 1.18. The van der Waals surface area contributed by atoms with Crippen molar-refractivity contribution in [2.45, 2.75) is 13.5 Å². The molecule has 0 aromatic carbocycles. The van der Waals surface area contributed by atoms with Crippen LogP contribution in [0.2, 0.25) is 0 Å². The number of amides is 1. The van der Waals surface area contributed by atoms with Gasteiger partial charge in [-0.1, -0.05) is 6.07 Å². The highest BCUT2D eigenvalue weighted by atomic mass is 32.1. The van der Waals surface area contributed by atoms with Gasteiger partial charge < -0.3 is 0 Å². The molecule has 2 rings (SSSR count). The Labute approximate surface area is 117 Å². The second kappa shape index (κ2) is 6.06. The molecule has 0 aliphatic heterocycles. The molecule has 0 aliphatic carbocycles. The Hall–Kier alpha value is -2.55. The van der Waals surface area contributed by atoms with Gasteiger partial charge in [-0.3, -0.25) is 19.6 Å². The van der Waals surface area contributed by atoms with E-state index in [4.69, 9.17) is 0 Å². The molecule has 0 radical (unpaired) electrons. The first-order chi connectivity index (χ1) is 9.56. The van der Waals surface area contributed by atoms with Gasteiger partial charge in [0, 0.05) is 4.88 Å². The zero-order valence-electron chi connectivity index (χ0n) is 10.5. The van der Waals surface area contributed by atoms with Crippen LogP contribution < -0.4 is 5.43 Å². The maximum absolute atomic E-state index is 11.6. The number of hydrogen-bond donors (Lipinski definition) is 1. The lowest BCUT2D eigenvalue weighted by atomic mass is 10.3. The molecule has 9 heteroatoms. The fourth-order valence-corrected chi connectivity index (χ4v) is 2.08. The van der Waals surface area contributed by atoms with Crippen LogP contribution in [0, 0.1) is 10.1 Å². The van der Waals surface area contributed by atoms with Crippen LogP contribution in [0.1, 0.15) is 11.8 Å². The number of carbonyl (C=O) groups is 1. The number of thiophene rings is 1. The van der Waals surface area contributed by atoms with Crippen LogP contribution in [0.25, 0.3) is 0 Å². The molecule has 0 fully saturated rings. The highest BCUT2D eigenvalue weighted by molar-refractivity contribution is 7.12. The molecule has 2 aromatic heterocycles. The van der Waals surface area contributed by atoms with Gasteiger partial charge in [-0.15, -0.1) is 11.3 Å². The lowest BCUT2D eigenvalue weighted by Crippen LogP contribution is -2.24. The first-order valence-electron chi connectivity index (χ1n) is 5.60. The average molecular weight is 293 g/mol. The summed E-state index contributed by atoms with van der Waals surface area (Å²) >= 11 is 1.52. The molecule has 2 heterocycles. The Morgan fingerprint density at radius 2 is 2.45 bits per heavy atom. The fraction of sp³-hybridized carbons (Fsp3) is 0.182. The molecule has 0 atom stereocenters. The van der Waals surface area contributed by atoms with Crippen LogP contribution in [0.5, 0.6) is 0 Å². The van der Waals surface area contributed by atoms with Gasteiger partial charge in [-0.2, -0.15) is 10.2 Å². The van der Waals surface area contributed by atoms with E-state index in [1.807, 2.05) is 17.5 Å². The largest absolute Gasteiger partial charge is 0.307 e. The second-order valence-corrected chi connectivity index (χ2v) is 4.81. The molecule has 104 valence electrons. The molecular formula is C11H11N5O3S. The predicted octanol–water partition coefficient (Wildman–Crippen LogP) is 1.39. The van der Waals surface area contributed by atoms with E-state index in [1.165, 1.54) is 22.2 Å². The lowest BCUT2D eigenvalue weighted by molar-refractivity contribution is -0.385. The maximum Gasteiger partial charge on any atom is 0.307 e. The van der Waals surface area contributed by atoms with E-state index >= 15 is 0 Å². The third kappa shape index (κ3) is 3.48. The minimum absolute atomic E-state index is 0.130. The Kier molecular flexibility index (Phi) is 4.20. The summed E-state index contributed by atoms with van der Waals surface area (Å²) in [6.45, 7) is 1.65. The van der Waals surface area contributed by atoms with Gasteiger partial charge in [-0.05, 0) is 18.4 Å². The molecule has 0 bridgehead atoms. The van der Waals surface area contributed by atoms with E-state index in [1.54, 1.807) is 6.92 Å². The third-order valence-electron chi connectivity index (χ3n) is 2.36. The predicted molar refractivity (Wildman–Crippen MR) is 73.6 cm³/mol. The van der Waals surface area contributed by atoms with Gasteiger partial charge in [0.1, 0.15) is 18.9 Å². The first-order valence-corrected chi connectivity index (χ1v) is 6.48. The normalized spacial score (nSPS) is 11.3. The molecule has 0 saturated heterocycles. The number of nitro groups is 1. The molecule has 2 aromatic rings. The number of carbonyl (C=O) groups excluding carboxylic acids is 1. The van der Waals surface area contributed by atoms with Crippen molar-refractivity contribution < 1.29 is 9.72 Å². The summed E-state index contributed by atoms with van der Waals surface area (Å²) in [5.41, 5.74) is 2.92. The van der Waals surface area contributed by atoms with Crippen LogP contribution in [-0.2, 0) is 11.3 Å². The first kappa shape index (κ1) is 13.9. The Morgan fingerprint density at radius 1 is 1.65 bits per heavy atom. The summed E-state index contributed by atoms with van der Waals surface area (Å²) in [6.07, 6.45) is 2.28. The van der Waals surface area contributed by atoms with Gasteiger partial charge in [0.2, 0.25) is 0 Å². The zero-order chi connectivity index (χ0) is 14.5. The van der Waals surface area contributed by atoms with Crippen molar-refractivity contribution in [1.82, 2.24) is 15.2 Å². The molecule has 0 spiro atoms.